The summed E-state index contributed by atoms with van der Waals surface area (Å²) < 4.78 is 5.27. The van der Waals surface area contributed by atoms with E-state index in [2.05, 4.69) is 28.1 Å². The average Bonchev–Trinajstić information content (AvgIpc) is 2.25. The van der Waals surface area contributed by atoms with Crippen LogP contribution in [-0.2, 0) is 0 Å². The lowest BCUT2D eigenvalue weighted by Crippen LogP contribution is -1.87. The maximum atomic E-state index is 5.27. The number of alkyl halides is 1. The zero-order valence-electron chi connectivity index (χ0n) is 8.33. The Morgan fingerprint density at radius 1 is 1.29 bits per heavy atom. The van der Waals surface area contributed by atoms with E-state index in [1.165, 1.54) is 17.7 Å². The maximum absolute atomic E-state index is 5.27. The summed E-state index contributed by atoms with van der Waals surface area (Å²) in [6, 6.07) is 8.17. The van der Waals surface area contributed by atoms with Gasteiger partial charge >= 0.3 is 0 Å². The second kappa shape index (κ2) is 7.18. The van der Waals surface area contributed by atoms with Crippen LogP contribution in [0.4, 0.5) is 0 Å². The molecule has 3 heteroatoms. The van der Waals surface area contributed by atoms with E-state index in [4.69, 9.17) is 4.74 Å². The van der Waals surface area contributed by atoms with Gasteiger partial charge in [-0.15, -0.1) is 11.8 Å². The fourth-order valence-electron chi connectivity index (χ4n) is 1.12. The van der Waals surface area contributed by atoms with Gasteiger partial charge in [0.2, 0.25) is 0 Å². The van der Waals surface area contributed by atoms with E-state index in [1.54, 1.807) is 7.11 Å². The van der Waals surface area contributed by atoms with Crippen molar-refractivity contribution >= 4 is 27.7 Å². The first-order valence-electron chi connectivity index (χ1n) is 4.70. The first-order chi connectivity index (χ1) is 6.88. The molecule has 0 N–H and O–H groups in total. The Labute approximate surface area is 98.4 Å². The third kappa shape index (κ3) is 3.93. The van der Waals surface area contributed by atoms with Gasteiger partial charge in [-0.25, -0.2) is 0 Å². The van der Waals surface area contributed by atoms with Crippen LogP contribution >= 0.6 is 27.7 Å². The van der Waals surface area contributed by atoms with Gasteiger partial charge in [-0.1, -0.05) is 28.1 Å². The van der Waals surface area contributed by atoms with Gasteiger partial charge in [0.25, 0.3) is 0 Å². The number of thioether (sulfide) groups is 1. The van der Waals surface area contributed by atoms with E-state index in [9.17, 15) is 0 Å². The molecule has 1 aromatic carbocycles. The predicted octanol–water partition coefficient (Wildman–Crippen LogP) is 3.96. The Bertz CT molecular complexity index is 265. The van der Waals surface area contributed by atoms with Gasteiger partial charge in [0.1, 0.15) is 5.75 Å². The van der Waals surface area contributed by atoms with Crippen molar-refractivity contribution in [3.63, 3.8) is 0 Å². The van der Waals surface area contributed by atoms with Crippen LogP contribution in [0.5, 0.6) is 5.75 Å². The molecule has 1 rings (SSSR count). The van der Waals surface area contributed by atoms with Crippen LogP contribution in [0.2, 0.25) is 0 Å². The van der Waals surface area contributed by atoms with Gasteiger partial charge < -0.3 is 4.74 Å². The van der Waals surface area contributed by atoms with Crippen molar-refractivity contribution in [2.24, 2.45) is 0 Å². The number of rotatable bonds is 6. The van der Waals surface area contributed by atoms with E-state index in [-0.39, 0.29) is 0 Å². The maximum Gasteiger partial charge on any atom is 0.132 e. The molecule has 0 aliphatic heterocycles. The van der Waals surface area contributed by atoms with Crippen molar-refractivity contribution in [3.05, 3.63) is 24.3 Å². The number of hydrogen-bond acceptors (Lipinski definition) is 2. The zero-order valence-corrected chi connectivity index (χ0v) is 10.7. The highest BCUT2D eigenvalue weighted by atomic mass is 79.9. The van der Waals surface area contributed by atoms with Crippen molar-refractivity contribution in [2.45, 2.75) is 17.7 Å². The molecule has 0 aliphatic carbocycles. The quantitative estimate of drug-likeness (QED) is 0.441. The predicted molar refractivity (Wildman–Crippen MR) is 66.7 cm³/mol. The molecule has 0 amide bonds. The molecular formula is C11H15BrOS. The second-order valence-electron chi connectivity index (χ2n) is 2.90. The Kier molecular flexibility index (Phi) is 6.12. The molecule has 0 spiro atoms. The van der Waals surface area contributed by atoms with E-state index >= 15 is 0 Å². The molecule has 14 heavy (non-hydrogen) atoms. The molecule has 0 radical (unpaired) electrons. The van der Waals surface area contributed by atoms with Crippen molar-refractivity contribution < 1.29 is 4.74 Å². The second-order valence-corrected chi connectivity index (χ2v) is 4.83. The Balaban J connectivity index is 2.41. The molecule has 1 aromatic rings. The summed E-state index contributed by atoms with van der Waals surface area (Å²) in [4.78, 5) is 1.24. The van der Waals surface area contributed by atoms with Crippen molar-refractivity contribution in [3.8, 4) is 5.75 Å². The topological polar surface area (TPSA) is 9.23 Å². The highest BCUT2D eigenvalue weighted by Crippen LogP contribution is 2.29. The first kappa shape index (κ1) is 11.9. The monoisotopic (exact) mass is 274 g/mol. The number of methoxy groups -OCH3 is 1. The van der Waals surface area contributed by atoms with Gasteiger partial charge in [-0.05, 0) is 30.7 Å². The van der Waals surface area contributed by atoms with Crippen LogP contribution in [0.3, 0.4) is 0 Å². The first-order valence-corrected chi connectivity index (χ1v) is 6.81. The van der Waals surface area contributed by atoms with E-state index in [0.29, 0.717) is 0 Å². The van der Waals surface area contributed by atoms with E-state index in [0.717, 1.165) is 16.8 Å². The molecule has 0 aromatic heterocycles. The SMILES string of the molecule is COc1ccccc1SCCCCBr. The molecule has 0 saturated carbocycles. The molecule has 0 atom stereocenters. The molecule has 0 fully saturated rings. The average molecular weight is 275 g/mol. The minimum Gasteiger partial charge on any atom is -0.496 e. The summed E-state index contributed by atoms with van der Waals surface area (Å²) in [6.45, 7) is 0. The van der Waals surface area contributed by atoms with Gasteiger partial charge in [0, 0.05) is 10.2 Å². The number of para-hydroxylation sites is 1. The number of halogens is 1. The number of hydrogen-bond donors (Lipinski definition) is 0. The van der Waals surface area contributed by atoms with Gasteiger partial charge in [-0.3, -0.25) is 0 Å². The van der Waals surface area contributed by atoms with E-state index < -0.39 is 0 Å². The summed E-state index contributed by atoms with van der Waals surface area (Å²) >= 11 is 5.30. The molecule has 78 valence electrons. The largest absolute Gasteiger partial charge is 0.496 e. The molecule has 1 nitrogen and oxygen atoms in total. The Hall–Kier alpha value is -0.150. The summed E-state index contributed by atoms with van der Waals surface area (Å²) in [7, 11) is 1.72. The van der Waals surface area contributed by atoms with Gasteiger partial charge in [0.15, 0.2) is 0 Å². The van der Waals surface area contributed by atoms with Crippen molar-refractivity contribution in [1.29, 1.82) is 0 Å². The lowest BCUT2D eigenvalue weighted by atomic mass is 10.3. The molecule has 0 bridgehead atoms. The minimum absolute atomic E-state index is 0.983. The highest BCUT2D eigenvalue weighted by molar-refractivity contribution is 9.09. The number of ether oxygens (including phenoxy) is 1. The van der Waals surface area contributed by atoms with E-state index in [1.807, 2.05) is 23.9 Å². The number of unbranched alkanes of at least 4 members (excludes halogenated alkanes) is 1. The third-order valence-electron chi connectivity index (χ3n) is 1.85. The van der Waals surface area contributed by atoms with Gasteiger partial charge in [0.05, 0.1) is 7.11 Å². The van der Waals surface area contributed by atoms with Gasteiger partial charge in [-0.2, -0.15) is 0 Å². The summed E-state index contributed by atoms with van der Waals surface area (Å²) in [5.41, 5.74) is 0. The van der Waals surface area contributed by atoms with Crippen molar-refractivity contribution in [1.82, 2.24) is 0 Å². The minimum atomic E-state index is 0.983. The molecular weight excluding hydrogens is 260 g/mol. The van der Waals surface area contributed by atoms with Crippen LogP contribution in [0.1, 0.15) is 12.8 Å². The Morgan fingerprint density at radius 3 is 2.79 bits per heavy atom. The fraction of sp³-hybridized carbons (Fsp3) is 0.455. The zero-order chi connectivity index (χ0) is 10.2. The molecule has 0 unspecified atom stereocenters. The lowest BCUT2D eigenvalue weighted by Gasteiger charge is -2.06. The normalized spacial score (nSPS) is 10.1. The smallest absolute Gasteiger partial charge is 0.132 e. The molecule has 0 heterocycles. The molecule has 0 saturated heterocycles. The highest BCUT2D eigenvalue weighted by Gasteiger charge is 2.00. The number of benzene rings is 1. The fourth-order valence-corrected chi connectivity index (χ4v) is 2.55. The van der Waals surface area contributed by atoms with Crippen molar-refractivity contribution in [2.75, 3.05) is 18.2 Å². The Morgan fingerprint density at radius 2 is 2.07 bits per heavy atom. The van der Waals surface area contributed by atoms with Crippen LogP contribution in [-0.4, -0.2) is 18.2 Å². The third-order valence-corrected chi connectivity index (χ3v) is 3.56. The summed E-state index contributed by atoms with van der Waals surface area (Å²) in [6.07, 6.45) is 2.48. The summed E-state index contributed by atoms with van der Waals surface area (Å²) in [5.74, 6) is 2.14. The van der Waals surface area contributed by atoms with Crippen LogP contribution < -0.4 is 4.74 Å². The summed E-state index contributed by atoms with van der Waals surface area (Å²) in [5, 5.41) is 1.10. The van der Waals surface area contributed by atoms with Crippen LogP contribution in [0.15, 0.2) is 29.2 Å². The standard InChI is InChI=1S/C11H15BrOS/c1-13-10-6-2-3-7-11(10)14-9-5-4-8-12/h2-3,6-7H,4-5,8-9H2,1H3. The molecule has 0 aliphatic rings. The van der Waals surface area contributed by atoms with Crippen LogP contribution in [0.25, 0.3) is 0 Å². The lowest BCUT2D eigenvalue weighted by molar-refractivity contribution is 0.405. The van der Waals surface area contributed by atoms with Crippen LogP contribution in [0, 0.1) is 0 Å².